The molecule has 0 saturated heterocycles. The highest BCUT2D eigenvalue weighted by molar-refractivity contribution is 5.77. The van der Waals surface area contributed by atoms with Crippen LogP contribution in [0.25, 0.3) is 17.0 Å². The summed E-state index contributed by atoms with van der Waals surface area (Å²) in [6, 6.07) is 14.3. The number of carbonyl (C=O) groups excluding carboxylic acids is 1. The topological polar surface area (TPSA) is 109 Å². The third-order valence-corrected chi connectivity index (χ3v) is 4.69. The number of methoxy groups -OCH3 is 2. The van der Waals surface area contributed by atoms with Crippen LogP contribution in [0.15, 0.2) is 54.6 Å². The van der Waals surface area contributed by atoms with E-state index in [4.69, 9.17) is 18.9 Å². The Hall–Kier alpha value is -4.41. The maximum atomic E-state index is 13.6. The van der Waals surface area contributed by atoms with E-state index in [2.05, 4.69) is 20.6 Å². The van der Waals surface area contributed by atoms with E-state index in [0.717, 1.165) is 0 Å². The maximum Gasteiger partial charge on any atom is 0.258 e. The van der Waals surface area contributed by atoms with Crippen LogP contribution in [0.1, 0.15) is 0 Å². The van der Waals surface area contributed by atoms with Gasteiger partial charge in [-0.1, -0.05) is 12.1 Å². The molecule has 176 valence electrons. The Morgan fingerprint density at radius 2 is 1.74 bits per heavy atom. The second-order valence-corrected chi connectivity index (χ2v) is 7.01. The maximum absolute atomic E-state index is 13.6. The van der Waals surface area contributed by atoms with Crippen molar-refractivity contribution in [2.75, 3.05) is 34.0 Å². The van der Waals surface area contributed by atoms with E-state index in [1.165, 1.54) is 30.9 Å². The van der Waals surface area contributed by atoms with Gasteiger partial charge in [-0.3, -0.25) is 4.79 Å². The number of halogens is 1. The number of aromatic nitrogens is 4. The molecule has 2 aromatic carbocycles. The van der Waals surface area contributed by atoms with Crippen molar-refractivity contribution in [3.8, 4) is 34.5 Å². The molecule has 0 radical (unpaired) electrons. The fourth-order valence-corrected chi connectivity index (χ4v) is 3.07. The van der Waals surface area contributed by atoms with E-state index in [1.54, 1.807) is 42.5 Å². The van der Waals surface area contributed by atoms with E-state index in [9.17, 15) is 9.18 Å². The van der Waals surface area contributed by atoms with Gasteiger partial charge in [-0.2, -0.15) is 4.52 Å². The SMILES string of the molecule is COc1cc(OC)cc(OCC(=O)NCCOc2ccc3nnc(-c4cccc(F)c4)n3n2)c1. The van der Waals surface area contributed by atoms with Crippen LogP contribution < -0.4 is 24.3 Å². The van der Waals surface area contributed by atoms with Crippen LogP contribution in [0.3, 0.4) is 0 Å². The van der Waals surface area contributed by atoms with Gasteiger partial charge in [-0.15, -0.1) is 15.3 Å². The van der Waals surface area contributed by atoms with Crippen LogP contribution in [0.4, 0.5) is 4.39 Å². The Morgan fingerprint density at radius 1 is 0.971 bits per heavy atom. The molecule has 4 rings (SSSR count). The Labute approximate surface area is 194 Å². The molecular weight excluding hydrogens is 445 g/mol. The normalized spacial score (nSPS) is 10.7. The predicted molar refractivity (Wildman–Crippen MR) is 120 cm³/mol. The number of benzene rings is 2. The van der Waals surface area contributed by atoms with Gasteiger partial charge in [0.05, 0.1) is 20.8 Å². The molecule has 11 heteroatoms. The van der Waals surface area contributed by atoms with E-state index in [-0.39, 0.29) is 31.5 Å². The van der Waals surface area contributed by atoms with E-state index < -0.39 is 0 Å². The monoisotopic (exact) mass is 467 g/mol. The van der Waals surface area contributed by atoms with Crippen molar-refractivity contribution in [1.82, 2.24) is 25.1 Å². The number of rotatable bonds is 10. The third kappa shape index (κ3) is 5.49. The van der Waals surface area contributed by atoms with Crippen LogP contribution in [0.5, 0.6) is 23.1 Å². The molecule has 0 unspecified atom stereocenters. The summed E-state index contributed by atoms with van der Waals surface area (Å²) in [7, 11) is 3.06. The molecule has 2 aromatic heterocycles. The Balaban J connectivity index is 1.29. The number of nitrogens with one attached hydrogen (secondary N) is 1. The van der Waals surface area contributed by atoms with Gasteiger partial charge in [0.1, 0.15) is 29.7 Å². The number of carbonyl (C=O) groups is 1. The highest BCUT2D eigenvalue weighted by atomic mass is 19.1. The number of hydrogen-bond donors (Lipinski definition) is 1. The summed E-state index contributed by atoms with van der Waals surface area (Å²) in [5.41, 5.74) is 1.03. The molecule has 1 N–H and O–H groups in total. The smallest absolute Gasteiger partial charge is 0.258 e. The summed E-state index contributed by atoms with van der Waals surface area (Å²) in [4.78, 5) is 12.1. The predicted octanol–water partition coefficient (Wildman–Crippen LogP) is 2.52. The summed E-state index contributed by atoms with van der Waals surface area (Å²) >= 11 is 0. The highest BCUT2D eigenvalue weighted by Gasteiger charge is 2.11. The van der Waals surface area contributed by atoms with Crippen molar-refractivity contribution in [2.24, 2.45) is 0 Å². The number of ether oxygens (including phenoxy) is 4. The fourth-order valence-electron chi connectivity index (χ4n) is 3.07. The molecular formula is C23H22FN5O5. The van der Waals surface area contributed by atoms with E-state index >= 15 is 0 Å². The van der Waals surface area contributed by atoms with Gasteiger partial charge >= 0.3 is 0 Å². The van der Waals surface area contributed by atoms with Crippen molar-refractivity contribution >= 4 is 11.6 Å². The van der Waals surface area contributed by atoms with Gasteiger partial charge in [-0.25, -0.2) is 4.39 Å². The van der Waals surface area contributed by atoms with Crippen molar-refractivity contribution in [1.29, 1.82) is 0 Å². The summed E-state index contributed by atoms with van der Waals surface area (Å²) in [5.74, 6) is 1.55. The Kier molecular flexibility index (Phi) is 7.01. The molecule has 4 aromatic rings. The van der Waals surface area contributed by atoms with Crippen LogP contribution in [0, 0.1) is 5.82 Å². The van der Waals surface area contributed by atoms with E-state index in [0.29, 0.717) is 40.2 Å². The van der Waals surface area contributed by atoms with Crippen molar-refractivity contribution < 1.29 is 28.1 Å². The van der Waals surface area contributed by atoms with Crippen molar-refractivity contribution in [2.45, 2.75) is 0 Å². The Morgan fingerprint density at radius 3 is 2.47 bits per heavy atom. The minimum Gasteiger partial charge on any atom is -0.496 e. The first-order valence-corrected chi connectivity index (χ1v) is 10.3. The lowest BCUT2D eigenvalue weighted by molar-refractivity contribution is -0.123. The van der Waals surface area contributed by atoms with Crippen LogP contribution in [-0.4, -0.2) is 59.7 Å². The summed E-state index contributed by atoms with van der Waals surface area (Å²) < 4.78 is 36.5. The van der Waals surface area contributed by atoms with Crippen molar-refractivity contribution in [3.05, 3.63) is 60.4 Å². The molecule has 0 saturated carbocycles. The van der Waals surface area contributed by atoms with Crippen LogP contribution in [0.2, 0.25) is 0 Å². The van der Waals surface area contributed by atoms with Crippen LogP contribution >= 0.6 is 0 Å². The molecule has 0 spiro atoms. The van der Waals surface area contributed by atoms with Crippen LogP contribution in [-0.2, 0) is 4.79 Å². The average Bonchev–Trinajstić information content (AvgIpc) is 3.28. The van der Waals surface area contributed by atoms with Gasteiger partial charge < -0.3 is 24.3 Å². The van der Waals surface area contributed by atoms with Gasteiger partial charge in [0.25, 0.3) is 5.91 Å². The second kappa shape index (κ2) is 10.5. The van der Waals surface area contributed by atoms with Crippen molar-refractivity contribution in [3.63, 3.8) is 0 Å². The molecule has 10 nitrogen and oxygen atoms in total. The van der Waals surface area contributed by atoms with Gasteiger partial charge in [0.15, 0.2) is 18.1 Å². The number of amides is 1. The van der Waals surface area contributed by atoms with E-state index in [1.807, 2.05) is 0 Å². The molecule has 1 amide bonds. The molecule has 0 aliphatic carbocycles. The molecule has 0 atom stereocenters. The minimum atomic E-state index is -0.382. The van der Waals surface area contributed by atoms with Gasteiger partial charge in [-0.05, 0) is 18.2 Å². The second-order valence-electron chi connectivity index (χ2n) is 7.01. The lowest BCUT2D eigenvalue weighted by Crippen LogP contribution is -2.32. The first-order valence-electron chi connectivity index (χ1n) is 10.3. The average molecular weight is 467 g/mol. The first-order chi connectivity index (χ1) is 16.6. The number of fused-ring (bicyclic) bond motifs is 1. The number of nitrogens with zero attached hydrogens (tertiary/aromatic N) is 4. The number of hydrogen-bond acceptors (Lipinski definition) is 8. The molecule has 2 heterocycles. The van der Waals surface area contributed by atoms with Gasteiger partial charge in [0, 0.05) is 29.8 Å². The highest BCUT2D eigenvalue weighted by Crippen LogP contribution is 2.27. The molecule has 0 aliphatic rings. The zero-order valence-electron chi connectivity index (χ0n) is 18.5. The standard InChI is InChI=1S/C23H22FN5O5/c1-31-17-11-18(32-2)13-19(12-17)34-14-21(30)25-8-9-33-22-7-6-20-26-27-23(29(20)28-22)15-4-3-5-16(24)10-15/h3-7,10-13H,8-9,14H2,1-2H3,(H,25,30). The quantitative estimate of drug-likeness (QED) is 0.355. The summed E-state index contributed by atoms with van der Waals surface area (Å²) in [6.45, 7) is 0.231. The molecule has 0 fully saturated rings. The zero-order valence-corrected chi connectivity index (χ0v) is 18.5. The zero-order chi connectivity index (χ0) is 23.9. The lowest BCUT2D eigenvalue weighted by Gasteiger charge is -2.11. The molecule has 0 aliphatic heterocycles. The summed E-state index contributed by atoms with van der Waals surface area (Å²) in [5, 5.41) is 15.2. The first kappa shape index (κ1) is 22.8. The molecule has 0 bridgehead atoms. The third-order valence-electron chi connectivity index (χ3n) is 4.69. The molecule has 34 heavy (non-hydrogen) atoms. The minimum absolute atomic E-state index is 0.175. The summed E-state index contributed by atoms with van der Waals surface area (Å²) in [6.07, 6.45) is 0. The largest absolute Gasteiger partial charge is 0.496 e. The van der Waals surface area contributed by atoms with Gasteiger partial charge in [0.2, 0.25) is 5.88 Å². The fraction of sp³-hybridized carbons (Fsp3) is 0.217. The lowest BCUT2D eigenvalue weighted by atomic mass is 10.2. The Bertz CT molecular complexity index is 1270.